The van der Waals surface area contributed by atoms with E-state index in [0.29, 0.717) is 11.6 Å². The fraction of sp³-hybridized carbons (Fsp3) is 0. The standard InChI is InChI=1S/C25H14ClN3O/c26-25-28-23(17-13-12-15-6-1-2-7-16(15)14-17)27-24(29-25)19-9-5-11-21-22(19)18-8-3-4-10-20(18)30-21/h1-14H. The minimum atomic E-state index is 0.160. The zero-order valence-electron chi connectivity index (χ0n) is 15.7. The van der Waals surface area contributed by atoms with Gasteiger partial charge in [-0.15, -0.1) is 0 Å². The Balaban J connectivity index is 1.58. The Labute approximate surface area is 176 Å². The number of rotatable bonds is 2. The number of hydrogen-bond acceptors (Lipinski definition) is 4. The summed E-state index contributed by atoms with van der Waals surface area (Å²) in [7, 11) is 0. The highest BCUT2D eigenvalue weighted by atomic mass is 35.5. The van der Waals surface area contributed by atoms with Crippen molar-refractivity contribution in [1.82, 2.24) is 15.0 Å². The molecule has 0 radical (unpaired) electrons. The molecule has 0 bridgehead atoms. The van der Waals surface area contributed by atoms with E-state index in [4.69, 9.17) is 21.0 Å². The summed E-state index contributed by atoms with van der Waals surface area (Å²) in [5, 5.41) is 4.44. The number of benzene rings is 4. The van der Waals surface area contributed by atoms with Crippen LogP contribution in [0.3, 0.4) is 0 Å². The fourth-order valence-electron chi connectivity index (χ4n) is 3.89. The Morgan fingerprint density at radius 1 is 0.633 bits per heavy atom. The molecule has 0 saturated carbocycles. The van der Waals surface area contributed by atoms with Gasteiger partial charge in [-0.2, -0.15) is 9.97 Å². The van der Waals surface area contributed by atoms with E-state index in [1.807, 2.05) is 60.7 Å². The molecule has 0 amide bonds. The summed E-state index contributed by atoms with van der Waals surface area (Å²) in [6.45, 7) is 0. The molecule has 0 aliphatic carbocycles. The molecular formula is C25H14ClN3O. The van der Waals surface area contributed by atoms with Crippen molar-refractivity contribution in [1.29, 1.82) is 0 Å². The van der Waals surface area contributed by atoms with E-state index in [9.17, 15) is 0 Å². The van der Waals surface area contributed by atoms with Crippen molar-refractivity contribution in [2.45, 2.75) is 0 Å². The van der Waals surface area contributed by atoms with Gasteiger partial charge in [0, 0.05) is 21.9 Å². The molecule has 6 aromatic rings. The second kappa shape index (κ2) is 6.65. The maximum atomic E-state index is 6.33. The van der Waals surface area contributed by atoms with Gasteiger partial charge >= 0.3 is 0 Å². The SMILES string of the molecule is Clc1nc(-c2ccc3ccccc3c2)nc(-c2cccc3oc4ccccc4c23)n1. The third-order valence-electron chi connectivity index (χ3n) is 5.26. The number of nitrogens with zero attached hydrogens (tertiary/aromatic N) is 3. The van der Waals surface area contributed by atoms with Gasteiger partial charge in [0.2, 0.25) is 5.28 Å². The summed E-state index contributed by atoms with van der Waals surface area (Å²) >= 11 is 6.33. The number of para-hydroxylation sites is 1. The van der Waals surface area contributed by atoms with Crippen LogP contribution in [0.25, 0.3) is 55.5 Å². The van der Waals surface area contributed by atoms with Crippen LogP contribution < -0.4 is 0 Å². The second-order valence-electron chi connectivity index (χ2n) is 7.09. The van der Waals surface area contributed by atoms with E-state index in [-0.39, 0.29) is 5.28 Å². The molecule has 0 saturated heterocycles. The molecule has 0 atom stereocenters. The van der Waals surface area contributed by atoms with E-state index >= 15 is 0 Å². The van der Waals surface area contributed by atoms with Crippen LogP contribution in [0.5, 0.6) is 0 Å². The smallest absolute Gasteiger partial charge is 0.226 e. The van der Waals surface area contributed by atoms with Crippen LogP contribution in [0.4, 0.5) is 0 Å². The first-order valence-corrected chi connectivity index (χ1v) is 9.95. The molecule has 0 aliphatic heterocycles. The maximum Gasteiger partial charge on any atom is 0.226 e. The summed E-state index contributed by atoms with van der Waals surface area (Å²) in [4.78, 5) is 13.6. The number of furan rings is 1. The molecule has 0 unspecified atom stereocenters. The van der Waals surface area contributed by atoms with Crippen LogP contribution in [-0.4, -0.2) is 15.0 Å². The van der Waals surface area contributed by atoms with E-state index in [2.05, 4.69) is 34.2 Å². The first-order chi connectivity index (χ1) is 14.8. The van der Waals surface area contributed by atoms with Crippen LogP contribution >= 0.6 is 11.6 Å². The fourth-order valence-corrected chi connectivity index (χ4v) is 4.05. The summed E-state index contributed by atoms with van der Waals surface area (Å²) in [5.41, 5.74) is 3.37. The third-order valence-corrected chi connectivity index (χ3v) is 5.43. The zero-order valence-corrected chi connectivity index (χ0v) is 16.5. The Bertz CT molecular complexity index is 1570. The van der Waals surface area contributed by atoms with Crippen LogP contribution in [0, 0.1) is 0 Å². The quantitative estimate of drug-likeness (QED) is 0.313. The molecule has 30 heavy (non-hydrogen) atoms. The lowest BCUT2D eigenvalue weighted by molar-refractivity contribution is 0.669. The molecule has 4 nitrogen and oxygen atoms in total. The topological polar surface area (TPSA) is 51.8 Å². The van der Waals surface area contributed by atoms with E-state index in [0.717, 1.165) is 43.8 Å². The molecule has 2 heterocycles. The Morgan fingerprint density at radius 3 is 2.33 bits per heavy atom. The average Bonchev–Trinajstić information content (AvgIpc) is 3.17. The van der Waals surface area contributed by atoms with Gasteiger partial charge in [-0.25, -0.2) is 4.98 Å². The summed E-state index contributed by atoms with van der Waals surface area (Å²) < 4.78 is 6.00. The van der Waals surface area contributed by atoms with Crippen LogP contribution in [0.2, 0.25) is 5.28 Å². The predicted molar refractivity (Wildman–Crippen MR) is 120 cm³/mol. The largest absolute Gasteiger partial charge is 0.456 e. The van der Waals surface area contributed by atoms with Crippen molar-refractivity contribution in [2.24, 2.45) is 0 Å². The van der Waals surface area contributed by atoms with Crippen molar-refractivity contribution in [3.8, 4) is 22.8 Å². The molecular weight excluding hydrogens is 394 g/mol. The predicted octanol–water partition coefficient (Wildman–Crippen LogP) is 6.91. The van der Waals surface area contributed by atoms with Gasteiger partial charge in [0.05, 0.1) is 0 Å². The Kier molecular flexibility index (Phi) is 3.79. The highest BCUT2D eigenvalue weighted by Gasteiger charge is 2.16. The van der Waals surface area contributed by atoms with Gasteiger partial charge in [-0.05, 0) is 40.6 Å². The minimum absolute atomic E-state index is 0.160. The zero-order chi connectivity index (χ0) is 20.1. The molecule has 6 rings (SSSR count). The van der Waals surface area contributed by atoms with Crippen LogP contribution in [0.1, 0.15) is 0 Å². The van der Waals surface area contributed by atoms with Crippen LogP contribution in [0.15, 0.2) is 89.3 Å². The van der Waals surface area contributed by atoms with Gasteiger partial charge in [-0.1, -0.05) is 66.7 Å². The lowest BCUT2D eigenvalue weighted by Crippen LogP contribution is -1.97. The van der Waals surface area contributed by atoms with Crippen molar-refractivity contribution in [3.05, 3.63) is 90.2 Å². The van der Waals surface area contributed by atoms with E-state index < -0.39 is 0 Å². The molecule has 0 N–H and O–H groups in total. The number of hydrogen-bond donors (Lipinski definition) is 0. The lowest BCUT2D eigenvalue weighted by atomic mass is 10.1. The number of aromatic nitrogens is 3. The van der Waals surface area contributed by atoms with Gasteiger partial charge < -0.3 is 4.42 Å². The first-order valence-electron chi connectivity index (χ1n) is 9.58. The average molecular weight is 408 g/mol. The van der Waals surface area contributed by atoms with Crippen molar-refractivity contribution in [3.63, 3.8) is 0 Å². The minimum Gasteiger partial charge on any atom is -0.456 e. The highest BCUT2D eigenvalue weighted by molar-refractivity contribution is 6.28. The van der Waals surface area contributed by atoms with Crippen molar-refractivity contribution >= 4 is 44.3 Å². The molecule has 142 valence electrons. The summed E-state index contributed by atoms with van der Waals surface area (Å²) in [6, 6.07) is 28.2. The Hall–Kier alpha value is -3.76. The lowest BCUT2D eigenvalue weighted by Gasteiger charge is -2.07. The molecule has 5 heteroatoms. The Morgan fingerprint density at radius 2 is 1.40 bits per heavy atom. The first kappa shape index (κ1) is 17.1. The summed E-state index contributed by atoms with van der Waals surface area (Å²) in [5.74, 6) is 1.07. The number of halogens is 1. The maximum absolute atomic E-state index is 6.33. The monoisotopic (exact) mass is 407 g/mol. The summed E-state index contributed by atoms with van der Waals surface area (Å²) in [6.07, 6.45) is 0. The molecule has 0 fully saturated rings. The van der Waals surface area contributed by atoms with Crippen molar-refractivity contribution < 1.29 is 4.42 Å². The molecule has 0 aliphatic rings. The highest BCUT2D eigenvalue weighted by Crippen LogP contribution is 2.36. The molecule has 0 spiro atoms. The molecule has 4 aromatic carbocycles. The second-order valence-corrected chi connectivity index (χ2v) is 7.43. The van der Waals surface area contributed by atoms with Gasteiger partial charge in [-0.3, -0.25) is 0 Å². The van der Waals surface area contributed by atoms with Gasteiger partial charge in [0.25, 0.3) is 0 Å². The van der Waals surface area contributed by atoms with E-state index in [1.54, 1.807) is 0 Å². The van der Waals surface area contributed by atoms with Crippen molar-refractivity contribution in [2.75, 3.05) is 0 Å². The normalized spacial score (nSPS) is 11.5. The van der Waals surface area contributed by atoms with Gasteiger partial charge in [0.1, 0.15) is 11.2 Å². The van der Waals surface area contributed by atoms with Gasteiger partial charge in [0.15, 0.2) is 11.6 Å². The third kappa shape index (κ3) is 2.73. The molecule has 2 aromatic heterocycles. The van der Waals surface area contributed by atoms with E-state index in [1.165, 1.54) is 0 Å². The van der Waals surface area contributed by atoms with Crippen LogP contribution in [-0.2, 0) is 0 Å². The number of fused-ring (bicyclic) bond motifs is 4.